The SMILES string of the molecule is COC(=O)[C@@]12C[C@H]1/C=C\CCCCC[C@H](Nc1cc(Cl)cc(Cl)c1)C(=O)N1C[C@H](Oc3nc4ccccc4s3)C[C@H]1C(=O)N2.O=C1N[C@]2(C(=O)O)C[C@H]2/C=C\CCCCC[C@H](Nc2cc(Cl)cc(Cl)c2)C(=O)N2C[C@H](Oc3nc4ccccc4s3)C[C@@H]12.[Na+].[OH-]. The number of carbonyl (C=O) groups excluding carboxylic acids is 5. The Labute approximate surface area is 565 Å². The van der Waals surface area contributed by atoms with E-state index in [4.69, 9.17) is 60.6 Å². The maximum absolute atomic E-state index is 14.3. The van der Waals surface area contributed by atoms with Crippen molar-refractivity contribution in [2.45, 2.75) is 137 Å². The number of carboxylic acid groups (broad SMARTS) is 1. The van der Waals surface area contributed by atoms with Crippen LogP contribution in [0.3, 0.4) is 0 Å². The number of esters is 1. The molecule has 4 aliphatic heterocycles. The summed E-state index contributed by atoms with van der Waals surface area (Å²) in [5.74, 6) is -3.42. The van der Waals surface area contributed by atoms with Gasteiger partial charge >= 0.3 is 41.5 Å². The number of aromatic nitrogens is 2. The summed E-state index contributed by atoms with van der Waals surface area (Å²) in [6.45, 7) is 0.348. The van der Waals surface area contributed by atoms with Gasteiger partial charge in [-0.25, -0.2) is 19.6 Å². The van der Waals surface area contributed by atoms with Crippen LogP contribution in [0.4, 0.5) is 11.4 Å². The first-order chi connectivity index (χ1) is 42.0. The Bertz CT molecular complexity index is 3550. The van der Waals surface area contributed by atoms with Crippen molar-refractivity contribution in [3.8, 4) is 10.4 Å². The molecule has 0 spiro atoms. The molecule has 0 radical (unpaired) electrons. The molecule has 0 bridgehead atoms. The Morgan fingerprint density at radius 2 is 1.03 bits per heavy atom. The summed E-state index contributed by atoms with van der Waals surface area (Å²) in [5, 5.41) is 25.2. The average molecular weight is 1340 g/mol. The van der Waals surface area contributed by atoms with Crippen LogP contribution in [0, 0.1) is 11.8 Å². The number of fused-ring (bicyclic) bond motifs is 6. The number of halogens is 4. The molecule has 10 atom stereocenters. The quantitative estimate of drug-likeness (QED) is 0.0488. The fourth-order valence-corrected chi connectivity index (χ4v) is 15.0. The molecule has 12 rings (SSSR count). The van der Waals surface area contributed by atoms with Gasteiger partial charge in [0.2, 0.25) is 23.6 Å². The van der Waals surface area contributed by atoms with E-state index in [-0.39, 0.29) is 84.6 Å². The molecule has 466 valence electrons. The maximum Gasteiger partial charge on any atom is 1.00 e. The molecular formula is C63H67Cl4N8NaO11S2. The average Bonchev–Trinajstić information content (AvgIpc) is 1.72. The summed E-state index contributed by atoms with van der Waals surface area (Å²) in [6, 6.07) is 22.5. The smallest absolute Gasteiger partial charge is 0.870 e. The van der Waals surface area contributed by atoms with Crippen molar-refractivity contribution in [3.63, 3.8) is 0 Å². The van der Waals surface area contributed by atoms with Crippen LogP contribution in [0.5, 0.6) is 10.4 Å². The number of allylic oxidation sites excluding steroid dienone is 2. The molecule has 26 heteroatoms. The fraction of sp³-hybridized carbons (Fsp3) is 0.429. The van der Waals surface area contributed by atoms with Gasteiger partial charge in [-0.05, 0) is 112 Å². The topological polar surface area (TPSA) is 261 Å². The predicted molar refractivity (Wildman–Crippen MR) is 340 cm³/mol. The molecule has 6 heterocycles. The van der Waals surface area contributed by atoms with Crippen molar-refractivity contribution in [1.29, 1.82) is 0 Å². The number of ether oxygens (including phenoxy) is 3. The van der Waals surface area contributed by atoms with E-state index in [1.807, 2.05) is 66.8 Å². The number of anilines is 2. The predicted octanol–water partition coefficient (Wildman–Crippen LogP) is 8.74. The number of rotatable bonds is 10. The standard InChI is InChI=1S/C32H34Cl2N4O5S.C31H32Cl2N4O5S.Na.H2O/c1-42-30(41)32-17-19(32)9-5-3-2-4-6-11-25(35-22-14-20(33)13-21(34)15-22)29(40)38-18-23(16-26(38)28(39)37-32)43-31-36-24-10-7-8-12-27(24)44-31;32-19-12-20(33)14-21(13-19)34-24-10-5-3-1-2-4-8-18-16-31(18,29(40)41)36-27(38)25-15-22(17-37(25)28(24)39)42-30-35-23-9-6-7-11-26(23)43-30;;/h5,7-10,12-15,19,23,25-26,35H,2-4,6,11,16-18H2,1H3,(H,37,39);4,6-9,11-14,18,22,24-25,34H,1-3,5,10,15-17H2,(H,36,38)(H,40,41);;1H2/q;;+1;/p-1/b9-5-;8-4-;;/t19-,23-,25+,26+,32-;18-,22-,24+,25+,31-;;/m11../s1. The van der Waals surface area contributed by atoms with Gasteiger partial charge in [0, 0.05) is 56.1 Å². The number of amides is 4. The van der Waals surface area contributed by atoms with Crippen molar-refractivity contribution in [2.24, 2.45) is 11.8 Å². The van der Waals surface area contributed by atoms with Gasteiger partial charge < -0.3 is 55.9 Å². The number of hydrogen-bond acceptors (Lipinski definition) is 16. The number of nitrogens with one attached hydrogen (secondary N) is 4. The van der Waals surface area contributed by atoms with Gasteiger partial charge in [0.05, 0.1) is 40.6 Å². The molecule has 0 unspecified atom stereocenters. The van der Waals surface area contributed by atoms with Crippen LogP contribution in [0.2, 0.25) is 20.1 Å². The fourth-order valence-electron chi connectivity index (χ4n) is 12.2. The van der Waals surface area contributed by atoms with Crippen LogP contribution < -0.4 is 60.3 Å². The van der Waals surface area contributed by atoms with Gasteiger partial charge in [-0.2, -0.15) is 0 Å². The molecule has 2 aromatic heterocycles. The van der Waals surface area contributed by atoms with Crippen LogP contribution >= 0.6 is 69.1 Å². The number of carbonyl (C=O) groups is 6. The number of benzene rings is 4. The summed E-state index contributed by atoms with van der Waals surface area (Å²) in [5.41, 5.74) is 0.345. The van der Waals surface area contributed by atoms with Crippen molar-refractivity contribution >= 4 is 136 Å². The van der Waals surface area contributed by atoms with Crippen LogP contribution in [-0.2, 0) is 33.5 Å². The molecule has 6 aromatic rings. The normalized spacial score (nSPS) is 27.8. The largest absolute Gasteiger partial charge is 1.00 e. The van der Waals surface area contributed by atoms with Crippen LogP contribution in [0.25, 0.3) is 20.4 Å². The van der Waals surface area contributed by atoms with Crippen LogP contribution in [0.15, 0.2) is 109 Å². The number of methoxy groups -OCH3 is 1. The number of aliphatic carboxylic acids is 1. The van der Waals surface area contributed by atoms with Crippen molar-refractivity contribution in [2.75, 3.05) is 30.8 Å². The van der Waals surface area contributed by atoms with E-state index in [0.717, 1.165) is 71.8 Å². The Balaban J connectivity index is 0.000000207. The minimum absolute atomic E-state index is 0. The van der Waals surface area contributed by atoms with Crippen molar-refractivity contribution < 1.29 is 83.1 Å². The molecule has 19 nitrogen and oxygen atoms in total. The molecular weight excluding hydrogens is 1270 g/mol. The van der Waals surface area contributed by atoms with Crippen molar-refractivity contribution in [3.05, 3.63) is 129 Å². The molecule has 4 amide bonds. The summed E-state index contributed by atoms with van der Waals surface area (Å²) in [4.78, 5) is 93.9. The Morgan fingerprint density at radius 3 is 1.46 bits per heavy atom. The molecule has 2 aliphatic carbocycles. The Hall–Kier alpha value is -5.72. The number of hydrogen-bond donors (Lipinski definition) is 5. The second-order valence-electron chi connectivity index (χ2n) is 23.0. The Morgan fingerprint density at radius 1 is 0.618 bits per heavy atom. The molecule has 4 aromatic carbocycles. The minimum Gasteiger partial charge on any atom is -0.870 e. The first kappa shape index (κ1) is 67.7. The summed E-state index contributed by atoms with van der Waals surface area (Å²) in [7, 11) is 1.32. The summed E-state index contributed by atoms with van der Waals surface area (Å²) in [6.07, 6.45) is 16.2. The molecule has 4 fully saturated rings. The van der Waals surface area contributed by atoms with E-state index in [1.54, 1.807) is 41.3 Å². The molecule has 2 saturated carbocycles. The van der Waals surface area contributed by atoms with Gasteiger partial charge in [0.25, 0.3) is 10.4 Å². The second kappa shape index (κ2) is 29.7. The monoisotopic (exact) mass is 1340 g/mol. The molecule has 2 saturated heterocycles. The first-order valence-electron chi connectivity index (χ1n) is 29.4. The number of nitrogens with zero attached hydrogens (tertiary/aromatic N) is 4. The van der Waals surface area contributed by atoms with E-state index in [9.17, 15) is 33.9 Å². The second-order valence-corrected chi connectivity index (χ2v) is 26.8. The van der Waals surface area contributed by atoms with Crippen LogP contribution in [-0.4, -0.2) is 134 Å². The van der Waals surface area contributed by atoms with E-state index >= 15 is 0 Å². The zero-order valence-corrected chi connectivity index (χ0v) is 55.7. The molecule has 6 N–H and O–H groups in total. The first-order valence-corrected chi connectivity index (χ1v) is 32.5. The van der Waals surface area contributed by atoms with E-state index in [1.165, 1.54) is 34.7 Å². The van der Waals surface area contributed by atoms with Gasteiger partial charge in [0.15, 0.2) is 0 Å². The Kier molecular flexibility index (Phi) is 22.6. The third-order valence-electron chi connectivity index (χ3n) is 16.9. The molecule has 89 heavy (non-hydrogen) atoms. The van der Waals surface area contributed by atoms with Gasteiger partial charge in [-0.3, -0.25) is 19.2 Å². The number of para-hydroxylation sites is 2. The zero-order chi connectivity index (χ0) is 61.0. The van der Waals surface area contributed by atoms with Gasteiger partial charge in [-0.15, -0.1) is 0 Å². The van der Waals surface area contributed by atoms with Gasteiger partial charge in [0.1, 0.15) is 47.5 Å². The summed E-state index contributed by atoms with van der Waals surface area (Å²) < 4.78 is 19.6. The summed E-state index contributed by atoms with van der Waals surface area (Å²) >= 11 is 27.8. The number of thiazole rings is 2. The third-order valence-corrected chi connectivity index (χ3v) is 19.6. The van der Waals surface area contributed by atoms with E-state index in [0.29, 0.717) is 67.5 Å². The number of carboxylic acids is 1. The zero-order valence-electron chi connectivity index (χ0n) is 49.0. The third kappa shape index (κ3) is 16.0. The maximum atomic E-state index is 14.3. The van der Waals surface area contributed by atoms with Gasteiger partial charge in [-0.1, -0.05) is 143 Å². The van der Waals surface area contributed by atoms with E-state index in [2.05, 4.69) is 37.3 Å². The minimum atomic E-state index is -1.37. The van der Waals surface area contributed by atoms with E-state index < -0.39 is 71.2 Å². The molecule has 6 aliphatic rings. The van der Waals surface area contributed by atoms with Crippen molar-refractivity contribution in [1.82, 2.24) is 30.4 Å². The van der Waals surface area contributed by atoms with Crippen LogP contribution in [0.1, 0.15) is 89.9 Å².